The molecule has 0 unspecified atom stereocenters. The molecule has 0 spiro atoms. The van der Waals surface area contributed by atoms with E-state index in [4.69, 9.17) is 14.2 Å². The first-order valence-corrected chi connectivity index (χ1v) is 5.57. The normalized spacial score (nSPS) is 38.8. The van der Waals surface area contributed by atoms with Crippen LogP contribution in [-0.4, -0.2) is 55.1 Å². The van der Waals surface area contributed by atoms with Gasteiger partial charge in [0.15, 0.2) is 12.1 Å². The minimum Gasteiger partial charge on any atom is -0.394 e. The van der Waals surface area contributed by atoms with Gasteiger partial charge in [0.05, 0.1) is 12.6 Å². The molecule has 0 radical (unpaired) electrons. The molecule has 0 aromatic heterocycles. The van der Waals surface area contributed by atoms with E-state index < -0.39 is 30.3 Å². The average Bonchev–Trinajstić information content (AvgIpc) is 2.72. The van der Waals surface area contributed by atoms with Gasteiger partial charge in [-0.15, -0.1) is 0 Å². The van der Waals surface area contributed by atoms with Crippen molar-refractivity contribution in [3.63, 3.8) is 0 Å². The molecule has 2 aliphatic rings. The lowest BCUT2D eigenvalue weighted by molar-refractivity contribution is -0.210. The van der Waals surface area contributed by atoms with E-state index in [0.717, 1.165) is 0 Å². The summed E-state index contributed by atoms with van der Waals surface area (Å²) in [6.45, 7) is 3.36. The van der Waals surface area contributed by atoms with Crippen molar-refractivity contribution in [3.05, 3.63) is 0 Å². The zero-order valence-electron chi connectivity index (χ0n) is 10.1. The predicted octanol–water partition coefficient (Wildman–Crippen LogP) is -0.847. The second-order valence-electron chi connectivity index (χ2n) is 4.57. The van der Waals surface area contributed by atoms with Gasteiger partial charge in [-0.25, -0.2) is 4.79 Å². The third kappa shape index (κ3) is 2.37. The largest absolute Gasteiger partial charge is 0.394 e. The van der Waals surface area contributed by atoms with E-state index >= 15 is 0 Å². The van der Waals surface area contributed by atoms with Gasteiger partial charge in [0.25, 0.3) is 0 Å². The summed E-state index contributed by atoms with van der Waals surface area (Å²) in [6.07, 6.45) is -1.47. The second-order valence-corrected chi connectivity index (χ2v) is 4.57. The zero-order chi connectivity index (χ0) is 12.6. The molecule has 0 aromatic carbocycles. The lowest BCUT2D eigenvalue weighted by atomic mass is 10.1. The molecule has 0 aliphatic carbocycles. The molecule has 2 aliphatic heterocycles. The van der Waals surface area contributed by atoms with E-state index in [9.17, 15) is 9.90 Å². The van der Waals surface area contributed by atoms with Gasteiger partial charge in [-0.3, -0.25) is 0 Å². The number of carbonyl (C=O) groups is 1. The van der Waals surface area contributed by atoms with E-state index in [1.807, 2.05) is 0 Å². The highest BCUT2D eigenvalue weighted by molar-refractivity contribution is 5.74. The number of nitrogens with one attached hydrogen (secondary N) is 2. The molecule has 7 heteroatoms. The van der Waals surface area contributed by atoms with Gasteiger partial charge in [-0.2, -0.15) is 0 Å². The number of aliphatic hydroxyl groups is 1. The summed E-state index contributed by atoms with van der Waals surface area (Å²) in [5, 5.41) is 14.4. The Bertz CT molecular complexity index is 309. The molecule has 0 bridgehead atoms. The van der Waals surface area contributed by atoms with Gasteiger partial charge >= 0.3 is 6.03 Å². The number of carbonyl (C=O) groups excluding carboxylic acids is 1. The quantitative estimate of drug-likeness (QED) is 0.591. The maximum atomic E-state index is 11.3. The highest BCUT2D eigenvalue weighted by Gasteiger charge is 2.54. The van der Waals surface area contributed by atoms with Crippen LogP contribution in [0.2, 0.25) is 0 Å². The van der Waals surface area contributed by atoms with E-state index in [1.54, 1.807) is 13.8 Å². The number of ether oxygens (including phenoxy) is 3. The molecule has 3 N–H and O–H groups in total. The number of urea groups is 1. The summed E-state index contributed by atoms with van der Waals surface area (Å²) < 4.78 is 16.7. The summed E-state index contributed by atoms with van der Waals surface area (Å²) in [7, 11) is 1.52. The molecule has 2 amide bonds. The smallest absolute Gasteiger partial charge is 0.314 e. The average molecular weight is 246 g/mol. The summed E-state index contributed by atoms with van der Waals surface area (Å²) in [5.74, 6) is -0.738. The SMILES string of the molecule is CNC(=O)N[C@@H]1[C@H]2OC(C)(C)O[C@H]2O[C@H]1CO. The Labute approximate surface area is 99.4 Å². The van der Waals surface area contributed by atoms with Crippen molar-refractivity contribution in [2.24, 2.45) is 0 Å². The maximum absolute atomic E-state index is 11.3. The van der Waals surface area contributed by atoms with E-state index in [1.165, 1.54) is 7.05 Å². The Hall–Kier alpha value is -0.890. The van der Waals surface area contributed by atoms with Crippen molar-refractivity contribution >= 4 is 6.03 Å². The molecule has 2 rings (SSSR count). The number of fused-ring (bicyclic) bond motifs is 1. The van der Waals surface area contributed by atoms with Crippen LogP contribution in [0, 0.1) is 0 Å². The summed E-state index contributed by atoms with van der Waals surface area (Å²) in [5.41, 5.74) is 0. The summed E-state index contributed by atoms with van der Waals surface area (Å²) >= 11 is 0. The van der Waals surface area contributed by atoms with Gasteiger partial charge < -0.3 is 30.0 Å². The fourth-order valence-electron chi connectivity index (χ4n) is 2.13. The molecule has 2 fully saturated rings. The lowest BCUT2D eigenvalue weighted by Crippen LogP contribution is -2.51. The molecule has 4 atom stereocenters. The van der Waals surface area contributed by atoms with Crippen molar-refractivity contribution in [2.75, 3.05) is 13.7 Å². The van der Waals surface area contributed by atoms with Crippen LogP contribution in [0.5, 0.6) is 0 Å². The third-order valence-corrected chi connectivity index (χ3v) is 2.86. The first kappa shape index (κ1) is 12.6. The van der Waals surface area contributed by atoms with Crippen LogP contribution < -0.4 is 10.6 Å². The molecule has 7 nitrogen and oxygen atoms in total. The standard InChI is InChI=1S/C10H18N2O5/c1-10(2)16-7-6(12-9(14)11-3)5(4-13)15-8(7)17-10/h5-8,13H,4H2,1-3H3,(H2,11,12,14)/t5-,6-,7+,8+/m0/s1. The summed E-state index contributed by atoms with van der Waals surface area (Å²) in [6, 6.07) is -0.766. The number of aliphatic hydroxyl groups excluding tert-OH is 1. The topological polar surface area (TPSA) is 89.1 Å². The molecule has 2 heterocycles. The molecule has 2 saturated heterocycles. The highest BCUT2D eigenvalue weighted by Crippen LogP contribution is 2.37. The Balaban J connectivity index is 2.08. The van der Waals surface area contributed by atoms with Crippen molar-refractivity contribution in [3.8, 4) is 0 Å². The van der Waals surface area contributed by atoms with E-state index in [0.29, 0.717) is 0 Å². The van der Waals surface area contributed by atoms with Gasteiger partial charge in [-0.05, 0) is 13.8 Å². The van der Waals surface area contributed by atoms with E-state index in [2.05, 4.69) is 10.6 Å². The van der Waals surface area contributed by atoms with Crippen LogP contribution in [0.25, 0.3) is 0 Å². The van der Waals surface area contributed by atoms with Crippen LogP contribution in [0.1, 0.15) is 13.8 Å². The van der Waals surface area contributed by atoms with Crippen molar-refractivity contribution in [1.29, 1.82) is 0 Å². The summed E-state index contributed by atoms with van der Waals surface area (Å²) in [4.78, 5) is 11.3. The zero-order valence-corrected chi connectivity index (χ0v) is 10.1. The molecule has 98 valence electrons. The second kappa shape index (κ2) is 4.41. The monoisotopic (exact) mass is 246 g/mol. The van der Waals surface area contributed by atoms with Crippen molar-refractivity contribution in [2.45, 2.75) is 44.2 Å². The molecular weight excluding hydrogens is 228 g/mol. The number of amides is 2. The number of hydrogen-bond donors (Lipinski definition) is 3. The first-order valence-electron chi connectivity index (χ1n) is 5.57. The molecule has 0 aromatic rings. The first-order chi connectivity index (χ1) is 7.96. The fraction of sp³-hybridized carbons (Fsp3) is 0.900. The lowest BCUT2D eigenvalue weighted by Gasteiger charge is -2.25. The molecular formula is C10H18N2O5. The van der Waals surface area contributed by atoms with Crippen LogP contribution in [0.3, 0.4) is 0 Å². The van der Waals surface area contributed by atoms with Crippen molar-refractivity contribution in [1.82, 2.24) is 10.6 Å². The predicted molar refractivity (Wildman–Crippen MR) is 57.2 cm³/mol. The Morgan fingerprint density at radius 1 is 1.41 bits per heavy atom. The van der Waals surface area contributed by atoms with Gasteiger partial charge in [0.2, 0.25) is 0 Å². The van der Waals surface area contributed by atoms with Crippen LogP contribution in [-0.2, 0) is 14.2 Å². The number of rotatable bonds is 2. The van der Waals surface area contributed by atoms with Gasteiger partial charge in [0, 0.05) is 7.05 Å². The van der Waals surface area contributed by atoms with Gasteiger partial charge in [-0.1, -0.05) is 0 Å². The Kier molecular flexibility index (Phi) is 3.26. The van der Waals surface area contributed by atoms with Gasteiger partial charge in [0.1, 0.15) is 12.2 Å². The third-order valence-electron chi connectivity index (χ3n) is 2.86. The number of hydrogen-bond acceptors (Lipinski definition) is 5. The molecule has 17 heavy (non-hydrogen) atoms. The Morgan fingerprint density at radius 3 is 2.71 bits per heavy atom. The maximum Gasteiger partial charge on any atom is 0.314 e. The minimum atomic E-state index is -0.738. The van der Waals surface area contributed by atoms with Crippen LogP contribution in [0.15, 0.2) is 0 Å². The Morgan fingerprint density at radius 2 is 2.12 bits per heavy atom. The highest BCUT2D eigenvalue weighted by atomic mass is 16.8. The van der Waals surface area contributed by atoms with Crippen LogP contribution >= 0.6 is 0 Å². The minimum absolute atomic E-state index is 0.200. The van der Waals surface area contributed by atoms with Crippen LogP contribution in [0.4, 0.5) is 4.79 Å². The fourth-order valence-corrected chi connectivity index (χ4v) is 2.13. The molecule has 0 saturated carbocycles. The van der Waals surface area contributed by atoms with E-state index in [-0.39, 0.29) is 12.6 Å². The van der Waals surface area contributed by atoms with Crippen molar-refractivity contribution < 1.29 is 24.1 Å².